The van der Waals surface area contributed by atoms with Crippen LogP contribution in [0, 0.1) is 0 Å². The van der Waals surface area contributed by atoms with Gasteiger partial charge in [-0.05, 0) is 30.3 Å². The van der Waals surface area contributed by atoms with Crippen LogP contribution in [-0.2, 0) is 0 Å². The van der Waals surface area contributed by atoms with Gasteiger partial charge in [0.1, 0.15) is 5.75 Å². The van der Waals surface area contributed by atoms with Crippen molar-refractivity contribution in [2.75, 3.05) is 12.4 Å². The van der Waals surface area contributed by atoms with Crippen LogP contribution in [0.3, 0.4) is 0 Å². The van der Waals surface area contributed by atoms with Crippen LogP contribution in [0.1, 0.15) is 0 Å². The number of aromatic nitrogens is 2. The normalized spacial score (nSPS) is 10.4. The van der Waals surface area contributed by atoms with Gasteiger partial charge in [-0.15, -0.1) is 0 Å². The number of ether oxygens (including phenoxy) is 1. The lowest BCUT2D eigenvalue weighted by Gasteiger charge is -2.13. The van der Waals surface area contributed by atoms with Crippen LogP contribution in [0.15, 0.2) is 65.4 Å². The Kier molecular flexibility index (Phi) is 3.92. The molecule has 0 fully saturated rings. The molecule has 0 aliphatic carbocycles. The molecule has 0 radical (unpaired) electrons. The molecule has 21 heavy (non-hydrogen) atoms. The number of benzene rings is 2. The third kappa shape index (κ3) is 2.92. The molecule has 0 saturated carbocycles. The molecule has 0 atom stereocenters. The standard InChI is InChI=1S/C16H14BrN3O/c1-21-15-8-7-12(17)11-14(15)20-10-9-18-16(20)19-13-5-3-2-4-6-13/h2-11H,1H3,(H,18,19). The smallest absolute Gasteiger partial charge is 0.212 e. The van der Waals surface area contributed by atoms with Crippen molar-refractivity contribution in [3.05, 3.63) is 65.4 Å². The van der Waals surface area contributed by atoms with Gasteiger partial charge in [-0.1, -0.05) is 34.1 Å². The van der Waals surface area contributed by atoms with Crippen molar-refractivity contribution in [3.63, 3.8) is 0 Å². The van der Waals surface area contributed by atoms with Crippen LogP contribution in [0.5, 0.6) is 5.75 Å². The predicted octanol–water partition coefficient (Wildman–Crippen LogP) is 4.39. The van der Waals surface area contributed by atoms with E-state index in [1.165, 1.54) is 0 Å². The van der Waals surface area contributed by atoms with Crippen molar-refractivity contribution < 1.29 is 4.74 Å². The second kappa shape index (κ2) is 6.01. The Balaban J connectivity index is 2.01. The van der Waals surface area contributed by atoms with E-state index in [2.05, 4.69) is 26.2 Å². The van der Waals surface area contributed by atoms with Crippen molar-refractivity contribution in [1.29, 1.82) is 0 Å². The molecule has 4 nitrogen and oxygen atoms in total. The summed E-state index contributed by atoms with van der Waals surface area (Å²) in [6, 6.07) is 15.8. The molecular formula is C16H14BrN3O. The minimum atomic E-state index is 0.734. The Morgan fingerprint density at radius 3 is 2.71 bits per heavy atom. The fraction of sp³-hybridized carbons (Fsp3) is 0.0625. The van der Waals surface area contributed by atoms with Gasteiger partial charge in [-0.3, -0.25) is 4.57 Å². The fourth-order valence-electron chi connectivity index (χ4n) is 2.09. The molecule has 0 unspecified atom stereocenters. The van der Waals surface area contributed by atoms with E-state index in [1.54, 1.807) is 13.3 Å². The van der Waals surface area contributed by atoms with Gasteiger partial charge < -0.3 is 10.1 Å². The van der Waals surface area contributed by atoms with Crippen molar-refractivity contribution in [2.24, 2.45) is 0 Å². The zero-order chi connectivity index (χ0) is 14.7. The zero-order valence-corrected chi connectivity index (χ0v) is 13.0. The van der Waals surface area contributed by atoms with E-state index < -0.39 is 0 Å². The highest BCUT2D eigenvalue weighted by Crippen LogP contribution is 2.29. The topological polar surface area (TPSA) is 39.1 Å². The third-order valence-corrected chi connectivity index (χ3v) is 3.56. The molecule has 1 aromatic heterocycles. The predicted molar refractivity (Wildman–Crippen MR) is 87.5 cm³/mol. The van der Waals surface area contributed by atoms with Crippen LogP contribution in [-0.4, -0.2) is 16.7 Å². The highest BCUT2D eigenvalue weighted by atomic mass is 79.9. The van der Waals surface area contributed by atoms with E-state index >= 15 is 0 Å². The van der Waals surface area contributed by atoms with Crippen LogP contribution in [0.2, 0.25) is 0 Å². The highest BCUT2D eigenvalue weighted by molar-refractivity contribution is 9.10. The Morgan fingerprint density at radius 2 is 1.95 bits per heavy atom. The maximum atomic E-state index is 5.43. The van der Waals surface area contributed by atoms with Crippen LogP contribution < -0.4 is 10.1 Å². The lowest BCUT2D eigenvalue weighted by atomic mass is 10.3. The van der Waals surface area contributed by atoms with Crippen molar-refractivity contribution >= 4 is 27.6 Å². The first-order chi connectivity index (χ1) is 10.3. The van der Waals surface area contributed by atoms with Crippen molar-refractivity contribution in [1.82, 2.24) is 9.55 Å². The summed E-state index contributed by atoms with van der Waals surface area (Å²) in [5, 5.41) is 3.30. The van der Waals surface area contributed by atoms with E-state index in [4.69, 9.17) is 4.74 Å². The minimum Gasteiger partial charge on any atom is -0.495 e. The number of nitrogens with one attached hydrogen (secondary N) is 1. The highest BCUT2D eigenvalue weighted by Gasteiger charge is 2.10. The van der Waals surface area contributed by atoms with Gasteiger partial charge in [-0.25, -0.2) is 4.98 Å². The molecule has 3 aromatic rings. The molecule has 0 amide bonds. The molecular weight excluding hydrogens is 330 g/mol. The number of hydrogen-bond acceptors (Lipinski definition) is 3. The molecule has 5 heteroatoms. The quantitative estimate of drug-likeness (QED) is 0.763. The van der Waals surface area contributed by atoms with Crippen molar-refractivity contribution in [3.8, 4) is 11.4 Å². The van der Waals surface area contributed by atoms with Gasteiger partial charge >= 0.3 is 0 Å². The van der Waals surface area contributed by atoms with Crippen LogP contribution >= 0.6 is 15.9 Å². The second-order valence-corrected chi connectivity index (χ2v) is 5.34. The summed E-state index contributed by atoms with van der Waals surface area (Å²) in [5.41, 5.74) is 1.90. The summed E-state index contributed by atoms with van der Waals surface area (Å²) >= 11 is 3.49. The van der Waals surface area contributed by atoms with Gasteiger partial charge in [0.25, 0.3) is 0 Å². The van der Waals surface area contributed by atoms with Crippen LogP contribution in [0.25, 0.3) is 5.69 Å². The third-order valence-electron chi connectivity index (χ3n) is 3.07. The molecule has 0 spiro atoms. The Bertz CT molecular complexity index is 740. The van der Waals surface area contributed by atoms with E-state index in [0.29, 0.717) is 0 Å². The monoisotopic (exact) mass is 343 g/mol. The van der Waals surface area contributed by atoms with Crippen LogP contribution in [0.4, 0.5) is 11.6 Å². The summed E-state index contributed by atoms with van der Waals surface area (Å²) in [6.07, 6.45) is 3.65. The molecule has 0 aliphatic heterocycles. The number of methoxy groups -OCH3 is 1. The summed E-state index contributed by atoms with van der Waals surface area (Å²) in [5.74, 6) is 1.52. The lowest BCUT2D eigenvalue weighted by molar-refractivity contribution is 0.413. The Hall–Kier alpha value is -2.27. The Labute approximate surface area is 131 Å². The molecule has 2 aromatic carbocycles. The average molecular weight is 344 g/mol. The Morgan fingerprint density at radius 1 is 1.14 bits per heavy atom. The van der Waals surface area contributed by atoms with Gasteiger partial charge in [0.2, 0.25) is 5.95 Å². The number of nitrogens with zero attached hydrogens (tertiary/aromatic N) is 2. The van der Waals surface area contributed by atoms with E-state index in [0.717, 1.165) is 27.5 Å². The molecule has 106 valence electrons. The largest absolute Gasteiger partial charge is 0.495 e. The lowest BCUT2D eigenvalue weighted by Crippen LogP contribution is -2.03. The molecule has 0 saturated heterocycles. The maximum absolute atomic E-state index is 5.43. The summed E-state index contributed by atoms with van der Waals surface area (Å²) < 4.78 is 8.37. The second-order valence-electron chi connectivity index (χ2n) is 4.43. The number of anilines is 2. The molecule has 0 bridgehead atoms. The summed E-state index contributed by atoms with van der Waals surface area (Å²) in [4.78, 5) is 4.37. The first-order valence-electron chi connectivity index (χ1n) is 6.47. The number of rotatable bonds is 4. The van der Waals surface area contributed by atoms with E-state index in [1.807, 2.05) is 59.3 Å². The number of imidazole rings is 1. The molecule has 3 rings (SSSR count). The van der Waals surface area contributed by atoms with Gasteiger partial charge in [0, 0.05) is 22.6 Å². The number of halogens is 1. The average Bonchev–Trinajstić information content (AvgIpc) is 2.96. The van der Waals surface area contributed by atoms with Gasteiger partial charge in [-0.2, -0.15) is 0 Å². The summed E-state index contributed by atoms with van der Waals surface area (Å²) in [6.45, 7) is 0. The number of hydrogen-bond donors (Lipinski definition) is 1. The minimum absolute atomic E-state index is 0.734. The van der Waals surface area contributed by atoms with E-state index in [9.17, 15) is 0 Å². The first kappa shape index (κ1) is 13.7. The fourth-order valence-corrected chi connectivity index (χ4v) is 2.44. The summed E-state index contributed by atoms with van der Waals surface area (Å²) in [7, 11) is 1.66. The van der Waals surface area contributed by atoms with Gasteiger partial charge in [0.05, 0.1) is 12.8 Å². The molecule has 0 aliphatic rings. The molecule has 1 N–H and O–H groups in total. The van der Waals surface area contributed by atoms with Gasteiger partial charge in [0.15, 0.2) is 0 Å². The zero-order valence-electron chi connectivity index (χ0n) is 11.5. The van der Waals surface area contributed by atoms with Crippen molar-refractivity contribution in [2.45, 2.75) is 0 Å². The van der Waals surface area contributed by atoms with E-state index in [-0.39, 0.29) is 0 Å². The maximum Gasteiger partial charge on any atom is 0.212 e. The molecule has 1 heterocycles. The number of para-hydroxylation sites is 1. The SMILES string of the molecule is COc1ccc(Br)cc1-n1ccnc1Nc1ccccc1. The first-order valence-corrected chi connectivity index (χ1v) is 7.26.